The molecule has 144 valence electrons. The maximum atomic E-state index is 12.6. The second kappa shape index (κ2) is 7.11. The molecule has 0 radical (unpaired) electrons. The van der Waals surface area contributed by atoms with Gasteiger partial charge in [0.1, 0.15) is 5.56 Å². The van der Waals surface area contributed by atoms with Crippen molar-refractivity contribution in [3.63, 3.8) is 0 Å². The summed E-state index contributed by atoms with van der Waals surface area (Å²) in [6.45, 7) is 6.90. The van der Waals surface area contributed by atoms with Crippen LogP contribution in [0.15, 0.2) is 53.5 Å². The molecule has 0 unspecified atom stereocenters. The number of ether oxygens (including phenoxy) is 1. The van der Waals surface area contributed by atoms with Crippen molar-refractivity contribution in [3.05, 3.63) is 64.4 Å². The zero-order chi connectivity index (χ0) is 19.8. The molecule has 0 aliphatic carbocycles. The number of nitrogens with zero attached hydrogens (tertiary/aromatic N) is 3. The summed E-state index contributed by atoms with van der Waals surface area (Å²) in [6, 6.07) is 13.6. The van der Waals surface area contributed by atoms with Crippen molar-refractivity contribution in [2.45, 2.75) is 33.4 Å². The number of fused-ring (bicyclic) bond motifs is 3. The van der Waals surface area contributed by atoms with Crippen molar-refractivity contribution < 1.29 is 9.53 Å². The number of carbonyl (C=O) groups is 1. The molecular formula is C22H23N3O3. The Bertz CT molecular complexity index is 1080. The molecule has 0 spiro atoms. The summed E-state index contributed by atoms with van der Waals surface area (Å²) in [6.07, 6.45) is 1.65. The number of hydrogen-bond acceptors (Lipinski definition) is 4. The molecule has 28 heavy (non-hydrogen) atoms. The van der Waals surface area contributed by atoms with Crippen LogP contribution < -0.4 is 5.43 Å². The third-order valence-electron chi connectivity index (χ3n) is 5.17. The van der Waals surface area contributed by atoms with Crippen LogP contribution in [-0.4, -0.2) is 26.9 Å². The highest BCUT2D eigenvalue weighted by Gasteiger charge is 2.29. The minimum atomic E-state index is -0.575. The number of aromatic nitrogens is 3. The molecule has 4 rings (SSSR count). The summed E-state index contributed by atoms with van der Waals surface area (Å²) in [7, 11) is 0. The number of pyridine rings is 1. The molecule has 0 amide bonds. The molecule has 0 saturated heterocycles. The Morgan fingerprint density at radius 1 is 1.21 bits per heavy atom. The first-order chi connectivity index (χ1) is 13.5. The quantitative estimate of drug-likeness (QED) is 0.649. The van der Waals surface area contributed by atoms with Crippen molar-refractivity contribution in [1.29, 1.82) is 0 Å². The van der Waals surface area contributed by atoms with Crippen LogP contribution in [0.2, 0.25) is 0 Å². The van der Waals surface area contributed by atoms with Gasteiger partial charge in [0.2, 0.25) is 0 Å². The smallest absolute Gasteiger partial charge is 0.343 e. The van der Waals surface area contributed by atoms with Gasteiger partial charge in [-0.25, -0.2) is 4.79 Å². The lowest BCUT2D eigenvalue weighted by Gasteiger charge is -2.32. The SMILES string of the molecule is CCOC(=O)c1cn2c(cc1=O)-c1cc(-c3ccccc3)nn1C[C@H]2C(C)C. The predicted molar refractivity (Wildman–Crippen MR) is 107 cm³/mol. The van der Waals surface area contributed by atoms with Crippen molar-refractivity contribution >= 4 is 5.97 Å². The van der Waals surface area contributed by atoms with E-state index in [0.29, 0.717) is 12.5 Å². The topological polar surface area (TPSA) is 66.1 Å². The van der Waals surface area contributed by atoms with Crippen LogP contribution in [0.25, 0.3) is 22.6 Å². The maximum absolute atomic E-state index is 12.6. The molecule has 3 aromatic rings. The zero-order valence-electron chi connectivity index (χ0n) is 16.3. The standard InChI is InChI=1S/C22H23N3O3/c1-4-28-22(27)16-12-24-18(11-21(16)26)19-10-17(15-8-6-5-7-9-15)23-25(19)13-20(24)14(2)3/h5-12,14,20H,4,13H2,1-3H3/t20-/m0/s1. The van der Waals surface area contributed by atoms with Gasteiger partial charge in [-0.05, 0) is 18.9 Å². The predicted octanol–water partition coefficient (Wildman–Crippen LogP) is 3.77. The summed E-state index contributed by atoms with van der Waals surface area (Å²) in [5, 5.41) is 4.78. The summed E-state index contributed by atoms with van der Waals surface area (Å²) in [5.74, 6) is -0.275. The fourth-order valence-corrected chi connectivity index (χ4v) is 3.70. The van der Waals surface area contributed by atoms with E-state index in [1.807, 2.05) is 45.6 Å². The van der Waals surface area contributed by atoms with E-state index in [2.05, 4.69) is 13.8 Å². The van der Waals surface area contributed by atoms with Gasteiger partial charge < -0.3 is 9.30 Å². The average molecular weight is 377 g/mol. The molecule has 0 fully saturated rings. The maximum Gasteiger partial charge on any atom is 0.343 e. The Morgan fingerprint density at radius 2 is 1.96 bits per heavy atom. The van der Waals surface area contributed by atoms with Crippen molar-refractivity contribution in [1.82, 2.24) is 14.3 Å². The molecule has 1 atom stereocenters. The largest absolute Gasteiger partial charge is 0.462 e. The van der Waals surface area contributed by atoms with Crippen molar-refractivity contribution in [2.75, 3.05) is 6.61 Å². The molecule has 6 nitrogen and oxygen atoms in total. The number of benzene rings is 1. The number of rotatable bonds is 4. The summed E-state index contributed by atoms with van der Waals surface area (Å²) >= 11 is 0. The molecule has 1 aliphatic rings. The fraction of sp³-hybridized carbons (Fsp3) is 0.318. The third kappa shape index (κ3) is 3.05. The first-order valence-corrected chi connectivity index (χ1v) is 9.56. The van der Waals surface area contributed by atoms with Crippen molar-refractivity contribution in [3.8, 4) is 22.6 Å². The van der Waals surface area contributed by atoms with E-state index >= 15 is 0 Å². The Balaban J connectivity index is 1.88. The van der Waals surface area contributed by atoms with E-state index in [0.717, 1.165) is 22.6 Å². The second-order valence-electron chi connectivity index (χ2n) is 7.34. The Morgan fingerprint density at radius 3 is 2.64 bits per heavy atom. The van der Waals surface area contributed by atoms with Gasteiger partial charge in [0.25, 0.3) is 0 Å². The zero-order valence-corrected chi connectivity index (χ0v) is 16.3. The molecule has 2 aromatic heterocycles. The lowest BCUT2D eigenvalue weighted by molar-refractivity contribution is 0.0523. The molecule has 1 aliphatic heterocycles. The van der Waals surface area contributed by atoms with Gasteiger partial charge in [0.05, 0.1) is 36.3 Å². The highest BCUT2D eigenvalue weighted by Crippen LogP contribution is 2.35. The Kier molecular flexibility index (Phi) is 4.63. The summed E-state index contributed by atoms with van der Waals surface area (Å²) in [5.41, 5.74) is 3.30. The van der Waals surface area contributed by atoms with Gasteiger partial charge in [-0.1, -0.05) is 44.2 Å². The average Bonchev–Trinajstić information content (AvgIpc) is 3.12. The Labute approximate surface area is 163 Å². The van der Waals surface area contributed by atoms with E-state index in [1.165, 1.54) is 6.07 Å². The van der Waals surface area contributed by atoms with Crippen LogP contribution in [-0.2, 0) is 11.3 Å². The second-order valence-corrected chi connectivity index (χ2v) is 7.34. The van der Waals surface area contributed by atoms with Crippen LogP contribution in [0.5, 0.6) is 0 Å². The third-order valence-corrected chi connectivity index (χ3v) is 5.17. The van der Waals surface area contributed by atoms with Crippen LogP contribution in [0, 0.1) is 5.92 Å². The molecule has 3 heterocycles. The molecule has 6 heteroatoms. The van der Waals surface area contributed by atoms with Gasteiger partial charge in [0, 0.05) is 17.8 Å². The molecule has 0 N–H and O–H groups in total. The van der Waals surface area contributed by atoms with Gasteiger partial charge >= 0.3 is 5.97 Å². The summed E-state index contributed by atoms with van der Waals surface area (Å²) < 4.78 is 9.05. The number of carbonyl (C=O) groups excluding carboxylic acids is 1. The Hall–Kier alpha value is -3.15. The van der Waals surface area contributed by atoms with E-state index in [9.17, 15) is 9.59 Å². The number of hydrogen-bond donors (Lipinski definition) is 0. The van der Waals surface area contributed by atoms with Gasteiger partial charge in [-0.2, -0.15) is 5.10 Å². The first kappa shape index (κ1) is 18.2. The minimum Gasteiger partial charge on any atom is -0.462 e. The summed E-state index contributed by atoms with van der Waals surface area (Å²) in [4.78, 5) is 24.8. The van der Waals surface area contributed by atoms with E-state index in [4.69, 9.17) is 9.84 Å². The first-order valence-electron chi connectivity index (χ1n) is 9.56. The highest BCUT2D eigenvalue weighted by atomic mass is 16.5. The molecular weight excluding hydrogens is 354 g/mol. The van der Waals surface area contributed by atoms with Crippen LogP contribution in [0.4, 0.5) is 0 Å². The fourth-order valence-electron chi connectivity index (χ4n) is 3.70. The van der Waals surface area contributed by atoms with Gasteiger partial charge in [0.15, 0.2) is 5.43 Å². The highest BCUT2D eigenvalue weighted by molar-refractivity contribution is 5.89. The van der Waals surface area contributed by atoms with Crippen LogP contribution in [0.3, 0.4) is 0 Å². The molecule has 0 bridgehead atoms. The van der Waals surface area contributed by atoms with E-state index in [-0.39, 0.29) is 23.6 Å². The number of esters is 1. The normalized spacial score (nSPS) is 15.2. The van der Waals surface area contributed by atoms with E-state index < -0.39 is 5.97 Å². The lowest BCUT2D eigenvalue weighted by atomic mass is 9.99. The lowest BCUT2D eigenvalue weighted by Crippen LogP contribution is -2.31. The monoisotopic (exact) mass is 377 g/mol. The van der Waals surface area contributed by atoms with Gasteiger partial charge in [-0.3, -0.25) is 9.48 Å². The van der Waals surface area contributed by atoms with E-state index in [1.54, 1.807) is 13.1 Å². The van der Waals surface area contributed by atoms with Crippen molar-refractivity contribution in [2.24, 2.45) is 5.92 Å². The van der Waals surface area contributed by atoms with Crippen LogP contribution >= 0.6 is 0 Å². The van der Waals surface area contributed by atoms with Crippen LogP contribution in [0.1, 0.15) is 37.2 Å². The molecule has 1 aromatic carbocycles. The molecule has 0 saturated carbocycles. The minimum absolute atomic E-state index is 0.0764. The van der Waals surface area contributed by atoms with Gasteiger partial charge in [-0.15, -0.1) is 0 Å².